The van der Waals surface area contributed by atoms with Crippen LogP contribution in [0.25, 0.3) is 0 Å². The fraction of sp³-hybridized carbons (Fsp3) is 0.667. The van der Waals surface area contributed by atoms with Gasteiger partial charge in [-0.3, -0.25) is 4.79 Å². The largest absolute Gasteiger partial charge is 0.360 e. The molecule has 0 bridgehead atoms. The number of nitrogens with two attached hydrogens (primary N) is 1. The Labute approximate surface area is 112 Å². The van der Waals surface area contributed by atoms with Gasteiger partial charge in [0.05, 0.1) is 0 Å². The molecular formula is C12H18ClN3O2. The molecule has 5 nitrogen and oxygen atoms in total. The molecule has 2 saturated carbocycles. The van der Waals surface area contributed by atoms with Gasteiger partial charge in [0.15, 0.2) is 5.69 Å². The SMILES string of the molecule is Cl.NC(CNC(=O)c1cc(C2CC2)on1)C1CC1. The van der Waals surface area contributed by atoms with Crippen molar-refractivity contribution in [3.63, 3.8) is 0 Å². The minimum Gasteiger partial charge on any atom is -0.360 e. The van der Waals surface area contributed by atoms with Crippen LogP contribution in [0.5, 0.6) is 0 Å². The van der Waals surface area contributed by atoms with E-state index >= 15 is 0 Å². The van der Waals surface area contributed by atoms with E-state index < -0.39 is 0 Å². The summed E-state index contributed by atoms with van der Waals surface area (Å²) in [6, 6.07) is 1.82. The maximum Gasteiger partial charge on any atom is 0.273 e. The third-order valence-electron chi connectivity index (χ3n) is 3.47. The van der Waals surface area contributed by atoms with E-state index in [9.17, 15) is 4.79 Å². The number of halogens is 1. The Kier molecular flexibility index (Phi) is 3.92. The van der Waals surface area contributed by atoms with E-state index in [0.717, 1.165) is 18.6 Å². The fourth-order valence-electron chi connectivity index (χ4n) is 1.95. The van der Waals surface area contributed by atoms with Gasteiger partial charge in [-0.15, -0.1) is 12.4 Å². The monoisotopic (exact) mass is 271 g/mol. The molecule has 1 amide bonds. The fourth-order valence-corrected chi connectivity index (χ4v) is 1.95. The quantitative estimate of drug-likeness (QED) is 0.849. The van der Waals surface area contributed by atoms with Crippen molar-refractivity contribution in [2.24, 2.45) is 11.7 Å². The van der Waals surface area contributed by atoms with Crippen LogP contribution in [0.4, 0.5) is 0 Å². The lowest BCUT2D eigenvalue weighted by atomic mass is 10.2. The van der Waals surface area contributed by atoms with Gasteiger partial charge in [0.25, 0.3) is 5.91 Å². The van der Waals surface area contributed by atoms with Crippen molar-refractivity contribution in [1.29, 1.82) is 0 Å². The van der Waals surface area contributed by atoms with E-state index in [0.29, 0.717) is 24.1 Å². The second kappa shape index (κ2) is 5.28. The predicted octanol–water partition coefficient (Wildman–Crippen LogP) is 1.44. The van der Waals surface area contributed by atoms with Crippen molar-refractivity contribution in [3.05, 3.63) is 17.5 Å². The average molecular weight is 272 g/mol. The third kappa shape index (κ3) is 3.03. The van der Waals surface area contributed by atoms with Crippen molar-refractivity contribution < 1.29 is 9.32 Å². The van der Waals surface area contributed by atoms with E-state index in [1.165, 1.54) is 12.8 Å². The molecule has 3 rings (SSSR count). The lowest BCUT2D eigenvalue weighted by Crippen LogP contribution is -2.38. The van der Waals surface area contributed by atoms with Crippen molar-refractivity contribution in [2.75, 3.05) is 6.54 Å². The van der Waals surface area contributed by atoms with Gasteiger partial charge in [-0.05, 0) is 31.6 Å². The summed E-state index contributed by atoms with van der Waals surface area (Å²) in [5.41, 5.74) is 6.28. The minimum atomic E-state index is -0.184. The summed E-state index contributed by atoms with van der Waals surface area (Å²) in [4.78, 5) is 11.8. The van der Waals surface area contributed by atoms with Crippen LogP contribution in [0, 0.1) is 5.92 Å². The summed E-state index contributed by atoms with van der Waals surface area (Å²) in [6.45, 7) is 0.523. The Hall–Kier alpha value is -1.07. The number of amides is 1. The number of nitrogens with one attached hydrogen (secondary N) is 1. The summed E-state index contributed by atoms with van der Waals surface area (Å²) in [5, 5.41) is 6.59. The summed E-state index contributed by atoms with van der Waals surface area (Å²) in [7, 11) is 0. The molecule has 0 aromatic carbocycles. The lowest BCUT2D eigenvalue weighted by molar-refractivity contribution is 0.0941. The zero-order valence-corrected chi connectivity index (χ0v) is 10.9. The molecule has 1 heterocycles. The van der Waals surface area contributed by atoms with E-state index in [-0.39, 0.29) is 24.4 Å². The molecule has 1 aromatic heterocycles. The number of carbonyl (C=O) groups excluding carboxylic acids is 1. The van der Waals surface area contributed by atoms with Crippen LogP contribution >= 0.6 is 12.4 Å². The molecule has 0 saturated heterocycles. The molecule has 0 radical (unpaired) electrons. The maximum atomic E-state index is 11.8. The van der Waals surface area contributed by atoms with Gasteiger partial charge in [0.1, 0.15) is 5.76 Å². The predicted molar refractivity (Wildman–Crippen MR) is 68.8 cm³/mol. The Bertz CT molecular complexity index is 427. The second-order valence-electron chi connectivity index (χ2n) is 5.10. The topological polar surface area (TPSA) is 81.1 Å². The molecule has 100 valence electrons. The van der Waals surface area contributed by atoms with E-state index in [1.54, 1.807) is 6.07 Å². The molecular weight excluding hydrogens is 254 g/mol. The first kappa shape index (κ1) is 13.4. The highest BCUT2D eigenvalue weighted by Crippen LogP contribution is 2.40. The number of hydrogen-bond acceptors (Lipinski definition) is 4. The number of nitrogens with zero attached hydrogens (tertiary/aromatic N) is 1. The van der Waals surface area contributed by atoms with E-state index in [1.807, 2.05) is 0 Å². The highest BCUT2D eigenvalue weighted by atomic mass is 35.5. The van der Waals surface area contributed by atoms with Crippen molar-refractivity contribution in [3.8, 4) is 0 Å². The van der Waals surface area contributed by atoms with Crippen LogP contribution in [0.3, 0.4) is 0 Å². The van der Waals surface area contributed by atoms with Crippen LogP contribution in [-0.2, 0) is 0 Å². The maximum absolute atomic E-state index is 11.8. The number of carbonyl (C=O) groups is 1. The van der Waals surface area contributed by atoms with E-state index in [2.05, 4.69) is 10.5 Å². The average Bonchev–Trinajstić information content (AvgIpc) is 3.23. The molecule has 2 fully saturated rings. The Morgan fingerprint density at radius 1 is 1.50 bits per heavy atom. The standard InChI is InChI=1S/C12H17N3O2.ClH/c13-9(7-1-2-7)6-14-12(16)10-5-11(17-15-10)8-3-4-8;/h5,7-9H,1-4,6,13H2,(H,14,16);1H. The van der Waals surface area contributed by atoms with Gasteiger partial charge in [0, 0.05) is 24.6 Å². The van der Waals surface area contributed by atoms with Crippen LogP contribution in [0.1, 0.15) is 47.8 Å². The normalized spacial score (nSPS) is 20.1. The summed E-state index contributed by atoms with van der Waals surface area (Å²) < 4.78 is 5.13. The smallest absolute Gasteiger partial charge is 0.273 e. The van der Waals surface area contributed by atoms with Crippen molar-refractivity contribution in [2.45, 2.75) is 37.6 Å². The number of hydrogen-bond donors (Lipinski definition) is 2. The molecule has 1 atom stereocenters. The van der Waals surface area contributed by atoms with Gasteiger partial charge in [-0.1, -0.05) is 5.16 Å². The van der Waals surface area contributed by atoms with Crippen LogP contribution in [0.2, 0.25) is 0 Å². The highest BCUT2D eigenvalue weighted by molar-refractivity contribution is 5.92. The first-order valence-electron chi connectivity index (χ1n) is 6.24. The first-order valence-corrected chi connectivity index (χ1v) is 6.24. The molecule has 6 heteroatoms. The zero-order chi connectivity index (χ0) is 11.8. The van der Waals surface area contributed by atoms with E-state index in [4.69, 9.17) is 10.3 Å². The summed E-state index contributed by atoms with van der Waals surface area (Å²) in [5.74, 6) is 1.73. The van der Waals surface area contributed by atoms with Gasteiger partial charge >= 0.3 is 0 Å². The molecule has 1 aromatic rings. The molecule has 0 spiro atoms. The van der Waals surface area contributed by atoms with Crippen LogP contribution < -0.4 is 11.1 Å². The molecule has 0 aliphatic heterocycles. The Morgan fingerprint density at radius 3 is 2.83 bits per heavy atom. The molecule has 2 aliphatic carbocycles. The van der Waals surface area contributed by atoms with Crippen LogP contribution in [-0.4, -0.2) is 23.7 Å². The molecule has 1 unspecified atom stereocenters. The number of rotatable bonds is 5. The molecule has 18 heavy (non-hydrogen) atoms. The second-order valence-corrected chi connectivity index (χ2v) is 5.10. The summed E-state index contributed by atoms with van der Waals surface area (Å²) in [6.07, 6.45) is 4.66. The van der Waals surface area contributed by atoms with Gasteiger partial charge in [-0.2, -0.15) is 0 Å². The Balaban J connectivity index is 0.00000120. The lowest BCUT2D eigenvalue weighted by Gasteiger charge is -2.09. The Morgan fingerprint density at radius 2 is 2.22 bits per heavy atom. The third-order valence-corrected chi connectivity index (χ3v) is 3.47. The van der Waals surface area contributed by atoms with Crippen molar-refractivity contribution in [1.82, 2.24) is 10.5 Å². The minimum absolute atomic E-state index is 0. The van der Waals surface area contributed by atoms with Crippen molar-refractivity contribution >= 4 is 18.3 Å². The highest BCUT2D eigenvalue weighted by Gasteiger charge is 2.30. The zero-order valence-electron chi connectivity index (χ0n) is 10.1. The summed E-state index contributed by atoms with van der Waals surface area (Å²) >= 11 is 0. The number of aromatic nitrogens is 1. The van der Waals surface area contributed by atoms with Gasteiger partial charge in [0.2, 0.25) is 0 Å². The molecule has 3 N–H and O–H groups in total. The van der Waals surface area contributed by atoms with Gasteiger partial charge < -0.3 is 15.6 Å². The first-order chi connectivity index (χ1) is 8.24. The van der Waals surface area contributed by atoms with Crippen LogP contribution in [0.15, 0.2) is 10.6 Å². The van der Waals surface area contributed by atoms with Gasteiger partial charge in [-0.25, -0.2) is 0 Å². The molecule has 2 aliphatic rings.